The number of carbonyl (C=O) groups excluding carboxylic acids is 2. The Kier molecular flexibility index (Phi) is 5.68. The van der Waals surface area contributed by atoms with E-state index in [1.807, 2.05) is 62.3 Å². The second-order valence-electron chi connectivity index (χ2n) is 5.45. The van der Waals surface area contributed by atoms with E-state index in [-0.39, 0.29) is 0 Å². The molecule has 0 unspecified atom stereocenters. The van der Waals surface area contributed by atoms with Gasteiger partial charge in [-0.1, -0.05) is 30.3 Å². The van der Waals surface area contributed by atoms with Gasteiger partial charge in [0.05, 0.1) is 6.21 Å². The van der Waals surface area contributed by atoms with E-state index in [2.05, 4.69) is 15.8 Å². The quantitative estimate of drug-likeness (QED) is 0.514. The molecule has 0 aliphatic carbocycles. The van der Waals surface area contributed by atoms with Crippen LogP contribution in [0.3, 0.4) is 0 Å². The molecule has 2 aromatic rings. The summed E-state index contributed by atoms with van der Waals surface area (Å²) in [7, 11) is 3.91. The number of anilines is 2. The molecule has 0 fully saturated rings. The van der Waals surface area contributed by atoms with Gasteiger partial charge in [0, 0.05) is 25.5 Å². The number of benzene rings is 2. The van der Waals surface area contributed by atoms with Crippen LogP contribution in [0.5, 0.6) is 0 Å². The first-order valence-electron chi connectivity index (χ1n) is 7.45. The fourth-order valence-corrected chi connectivity index (χ4v) is 1.97. The molecule has 6 heteroatoms. The summed E-state index contributed by atoms with van der Waals surface area (Å²) in [6.45, 7) is 1.85. The number of hydrogen-bond acceptors (Lipinski definition) is 4. The predicted molar refractivity (Wildman–Crippen MR) is 96.3 cm³/mol. The number of aryl methyl sites for hydroxylation is 1. The van der Waals surface area contributed by atoms with E-state index >= 15 is 0 Å². The molecular weight excluding hydrogens is 304 g/mol. The first-order chi connectivity index (χ1) is 11.5. The van der Waals surface area contributed by atoms with Crippen LogP contribution in [0.25, 0.3) is 0 Å². The van der Waals surface area contributed by atoms with Crippen LogP contribution >= 0.6 is 0 Å². The number of amides is 2. The fourth-order valence-electron chi connectivity index (χ4n) is 1.97. The zero-order valence-electron chi connectivity index (χ0n) is 13.9. The normalized spacial score (nSPS) is 10.5. The molecule has 2 amide bonds. The van der Waals surface area contributed by atoms with Gasteiger partial charge in [0.1, 0.15) is 0 Å². The predicted octanol–water partition coefficient (Wildman–Crippen LogP) is 2.15. The molecule has 6 nitrogen and oxygen atoms in total. The molecule has 0 atom stereocenters. The van der Waals surface area contributed by atoms with Gasteiger partial charge in [-0.3, -0.25) is 9.59 Å². The maximum absolute atomic E-state index is 11.8. The SMILES string of the molecule is Cc1ccccc1NC(=O)C(=O)NN=Cc1ccc(N(C)C)cc1. The summed E-state index contributed by atoms with van der Waals surface area (Å²) >= 11 is 0. The molecule has 0 bridgehead atoms. The summed E-state index contributed by atoms with van der Waals surface area (Å²) < 4.78 is 0. The van der Waals surface area contributed by atoms with Crippen LogP contribution in [-0.4, -0.2) is 32.1 Å². The number of rotatable bonds is 4. The molecule has 0 aliphatic rings. The van der Waals surface area contributed by atoms with Crippen molar-refractivity contribution in [1.82, 2.24) is 5.43 Å². The number of hydrazone groups is 1. The molecule has 0 aliphatic heterocycles. The Bertz CT molecular complexity index is 752. The van der Waals surface area contributed by atoms with Gasteiger partial charge in [0.15, 0.2) is 0 Å². The van der Waals surface area contributed by atoms with Crippen molar-refractivity contribution >= 4 is 29.4 Å². The van der Waals surface area contributed by atoms with Gasteiger partial charge < -0.3 is 10.2 Å². The molecule has 0 saturated carbocycles. The Labute approximate surface area is 141 Å². The lowest BCUT2D eigenvalue weighted by molar-refractivity contribution is -0.136. The molecule has 0 saturated heterocycles. The minimum absolute atomic E-state index is 0.598. The average Bonchev–Trinajstić information content (AvgIpc) is 2.57. The van der Waals surface area contributed by atoms with Crippen LogP contribution in [0.4, 0.5) is 11.4 Å². The van der Waals surface area contributed by atoms with Gasteiger partial charge in [0.25, 0.3) is 0 Å². The number of hydrogen-bond donors (Lipinski definition) is 2. The maximum atomic E-state index is 11.8. The van der Waals surface area contributed by atoms with E-state index in [1.165, 1.54) is 6.21 Å². The Morgan fingerprint density at radius 2 is 1.67 bits per heavy atom. The third-order valence-corrected chi connectivity index (χ3v) is 3.39. The largest absolute Gasteiger partial charge is 0.378 e. The highest BCUT2D eigenvalue weighted by molar-refractivity contribution is 6.39. The summed E-state index contributed by atoms with van der Waals surface area (Å²) in [5.41, 5.74) is 5.58. The van der Waals surface area contributed by atoms with Gasteiger partial charge in [-0.2, -0.15) is 5.10 Å². The third-order valence-electron chi connectivity index (χ3n) is 3.39. The lowest BCUT2D eigenvalue weighted by Crippen LogP contribution is -2.32. The van der Waals surface area contributed by atoms with Crippen LogP contribution in [0.1, 0.15) is 11.1 Å². The van der Waals surface area contributed by atoms with E-state index in [4.69, 9.17) is 0 Å². The van der Waals surface area contributed by atoms with E-state index in [0.717, 1.165) is 16.8 Å². The van der Waals surface area contributed by atoms with Gasteiger partial charge in [-0.25, -0.2) is 5.43 Å². The second-order valence-corrected chi connectivity index (χ2v) is 5.45. The first-order valence-corrected chi connectivity index (χ1v) is 7.45. The van der Waals surface area contributed by atoms with Crippen molar-refractivity contribution in [2.75, 3.05) is 24.3 Å². The lowest BCUT2D eigenvalue weighted by atomic mass is 10.2. The zero-order chi connectivity index (χ0) is 17.5. The summed E-state index contributed by atoms with van der Waals surface area (Å²) in [5.74, 6) is -1.58. The molecule has 2 aromatic carbocycles. The molecule has 0 radical (unpaired) electrons. The molecule has 2 N–H and O–H groups in total. The van der Waals surface area contributed by atoms with Crippen molar-refractivity contribution in [3.05, 3.63) is 59.7 Å². The van der Waals surface area contributed by atoms with Crippen LogP contribution in [0.2, 0.25) is 0 Å². The molecule has 0 spiro atoms. The smallest absolute Gasteiger partial charge is 0.329 e. The van der Waals surface area contributed by atoms with E-state index in [9.17, 15) is 9.59 Å². The van der Waals surface area contributed by atoms with Crippen molar-refractivity contribution in [3.63, 3.8) is 0 Å². The van der Waals surface area contributed by atoms with Crippen LogP contribution < -0.4 is 15.6 Å². The Hall–Kier alpha value is -3.15. The molecule has 124 valence electrons. The Morgan fingerprint density at radius 1 is 1.00 bits per heavy atom. The van der Waals surface area contributed by atoms with Crippen LogP contribution in [0.15, 0.2) is 53.6 Å². The van der Waals surface area contributed by atoms with E-state index in [1.54, 1.807) is 12.1 Å². The summed E-state index contributed by atoms with van der Waals surface area (Å²) in [6.07, 6.45) is 1.48. The highest BCUT2D eigenvalue weighted by Crippen LogP contribution is 2.13. The number of para-hydroxylation sites is 1. The summed E-state index contributed by atoms with van der Waals surface area (Å²) in [6, 6.07) is 14.9. The third kappa shape index (κ3) is 4.67. The van der Waals surface area contributed by atoms with Crippen molar-refractivity contribution in [3.8, 4) is 0 Å². The highest BCUT2D eigenvalue weighted by atomic mass is 16.2. The standard InChI is InChI=1S/C18H20N4O2/c1-13-6-4-5-7-16(13)20-17(23)18(24)21-19-12-14-8-10-15(11-9-14)22(2)3/h4-12H,1-3H3,(H,20,23)(H,21,24). The van der Waals surface area contributed by atoms with Crippen LogP contribution in [0, 0.1) is 6.92 Å². The minimum Gasteiger partial charge on any atom is -0.378 e. The molecule has 2 rings (SSSR count). The first kappa shape index (κ1) is 17.2. The molecule has 0 heterocycles. The van der Waals surface area contributed by atoms with Crippen LogP contribution in [-0.2, 0) is 9.59 Å². The number of nitrogens with one attached hydrogen (secondary N) is 2. The zero-order valence-corrected chi connectivity index (χ0v) is 13.9. The monoisotopic (exact) mass is 324 g/mol. The fraction of sp³-hybridized carbons (Fsp3) is 0.167. The molecular formula is C18H20N4O2. The minimum atomic E-state index is -0.820. The van der Waals surface area contributed by atoms with Crippen molar-refractivity contribution in [1.29, 1.82) is 0 Å². The van der Waals surface area contributed by atoms with Gasteiger partial charge >= 0.3 is 11.8 Å². The van der Waals surface area contributed by atoms with Gasteiger partial charge in [0.2, 0.25) is 0 Å². The topological polar surface area (TPSA) is 73.8 Å². The number of carbonyl (C=O) groups is 2. The van der Waals surface area contributed by atoms with Crippen molar-refractivity contribution in [2.24, 2.45) is 5.10 Å². The summed E-state index contributed by atoms with van der Waals surface area (Å²) in [4.78, 5) is 25.6. The summed E-state index contributed by atoms with van der Waals surface area (Å²) in [5, 5.41) is 6.35. The van der Waals surface area contributed by atoms with Gasteiger partial charge in [-0.05, 0) is 36.2 Å². The van der Waals surface area contributed by atoms with Gasteiger partial charge in [-0.15, -0.1) is 0 Å². The Balaban J connectivity index is 1.90. The van der Waals surface area contributed by atoms with E-state index in [0.29, 0.717) is 5.69 Å². The van der Waals surface area contributed by atoms with Crippen molar-refractivity contribution in [2.45, 2.75) is 6.92 Å². The van der Waals surface area contributed by atoms with Crippen molar-refractivity contribution < 1.29 is 9.59 Å². The highest BCUT2D eigenvalue weighted by Gasteiger charge is 2.13. The average molecular weight is 324 g/mol. The molecule has 0 aromatic heterocycles. The lowest BCUT2D eigenvalue weighted by Gasteiger charge is -2.11. The number of nitrogens with zero attached hydrogens (tertiary/aromatic N) is 2. The van der Waals surface area contributed by atoms with E-state index < -0.39 is 11.8 Å². The second kappa shape index (κ2) is 7.92. The maximum Gasteiger partial charge on any atom is 0.329 e. The Morgan fingerprint density at radius 3 is 2.29 bits per heavy atom. The molecule has 24 heavy (non-hydrogen) atoms.